The predicted molar refractivity (Wildman–Crippen MR) is 126 cm³/mol. The summed E-state index contributed by atoms with van der Waals surface area (Å²) in [4.78, 5) is 24.7. The Morgan fingerprint density at radius 1 is 1.00 bits per heavy atom. The zero-order valence-corrected chi connectivity index (χ0v) is 19.9. The number of nitrogens with one attached hydrogen (secondary N) is 2. The SMILES string of the molecule is CCOc1ccc(NC(=O)CSc2nnc(CC(=O)Nc3cccc(C(F)(F)F)c3)n2CC)cc1. The number of hydrogen-bond acceptors (Lipinski definition) is 6. The van der Waals surface area contributed by atoms with E-state index in [9.17, 15) is 22.8 Å². The lowest BCUT2D eigenvalue weighted by Crippen LogP contribution is -2.18. The number of amides is 2. The molecule has 0 saturated carbocycles. The van der Waals surface area contributed by atoms with E-state index in [1.165, 1.54) is 12.1 Å². The molecular formula is C23H24F3N5O3S. The van der Waals surface area contributed by atoms with E-state index >= 15 is 0 Å². The predicted octanol–water partition coefficient (Wildman–Crippen LogP) is 4.63. The fraction of sp³-hybridized carbons (Fsp3) is 0.304. The Morgan fingerprint density at radius 2 is 1.71 bits per heavy atom. The van der Waals surface area contributed by atoms with Gasteiger partial charge in [0.25, 0.3) is 0 Å². The van der Waals surface area contributed by atoms with Crippen LogP contribution in [0.25, 0.3) is 0 Å². The molecule has 8 nitrogen and oxygen atoms in total. The second kappa shape index (κ2) is 11.7. The molecule has 1 aromatic heterocycles. The Bertz CT molecular complexity index is 1170. The van der Waals surface area contributed by atoms with Crippen LogP contribution in [0.5, 0.6) is 5.75 Å². The van der Waals surface area contributed by atoms with E-state index in [0.29, 0.717) is 35.6 Å². The normalized spacial score (nSPS) is 11.2. The number of ether oxygens (including phenoxy) is 1. The molecule has 2 N–H and O–H groups in total. The van der Waals surface area contributed by atoms with Crippen LogP contribution in [0.3, 0.4) is 0 Å². The summed E-state index contributed by atoms with van der Waals surface area (Å²) in [5.41, 5.74) is -0.190. The van der Waals surface area contributed by atoms with Crippen molar-refractivity contribution in [1.29, 1.82) is 0 Å². The third-order valence-corrected chi connectivity index (χ3v) is 5.65. The molecule has 2 amide bonds. The molecule has 0 aliphatic rings. The number of anilines is 2. The average Bonchev–Trinajstić information content (AvgIpc) is 3.20. The highest BCUT2D eigenvalue weighted by Crippen LogP contribution is 2.30. The number of benzene rings is 2. The Balaban J connectivity index is 1.56. The van der Waals surface area contributed by atoms with Crippen LogP contribution in [0, 0.1) is 0 Å². The van der Waals surface area contributed by atoms with Gasteiger partial charge in [0, 0.05) is 17.9 Å². The Kier molecular flexibility index (Phi) is 8.74. The highest BCUT2D eigenvalue weighted by atomic mass is 32.2. The Labute approximate surface area is 204 Å². The van der Waals surface area contributed by atoms with Crippen molar-refractivity contribution in [1.82, 2.24) is 14.8 Å². The summed E-state index contributed by atoms with van der Waals surface area (Å²) in [6.45, 7) is 4.72. The molecule has 1 heterocycles. The van der Waals surface area contributed by atoms with Gasteiger partial charge in [0.15, 0.2) is 5.16 Å². The van der Waals surface area contributed by atoms with Crippen LogP contribution < -0.4 is 15.4 Å². The maximum atomic E-state index is 12.9. The number of carbonyl (C=O) groups excluding carboxylic acids is 2. The van der Waals surface area contributed by atoms with Crippen molar-refractivity contribution in [3.63, 3.8) is 0 Å². The molecule has 12 heteroatoms. The molecule has 0 aliphatic carbocycles. The van der Waals surface area contributed by atoms with Gasteiger partial charge in [-0.25, -0.2) is 0 Å². The van der Waals surface area contributed by atoms with Gasteiger partial charge in [-0.2, -0.15) is 13.2 Å². The first kappa shape index (κ1) is 26.1. The van der Waals surface area contributed by atoms with Gasteiger partial charge in [-0.3, -0.25) is 9.59 Å². The maximum absolute atomic E-state index is 12.9. The molecule has 3 aromatic rings. The van der Waals surface area contributed by atoms with E-state index in [1.807, 2.05) is 13.8 Å². The van der Waals surface area contributed by atoms with Gasteiger partial charge in [0.05, 0.1) is 24.3 Å². The number of nitrogens with zero attached hydrogens (tertiary/aromatic N) is 3. The summed E-state index contributed by atoms with van der Waals surface area (Å²) in [7, 11) is 0. The van der Waals surface area contributed by atoms with Crippen molar-refractivity contribution < 1.29 is 27.5 Å². The van der Waals surface area contributed by atoms with E-state index in [1.54, 1.807) is 28.8 Å². The van der Waals surface area contributed by atoms with Crippen LogP contribution in [0.2, 0.25) is 0 Å². The van der Waals surface area contributed by atoms with Crippen molar-refractivity contribution in [3.05, 3.63) is 59.9 Å². The van der Waals surface area contributed by atoms with Crippen molar-refractivity contribution >= 4 is 35.0 Å². The van der Waals surface area contributed by atoms with Gasteiger partial charge in [0.2, 0.25) is 11.8 Å². The van der Waals surface area contributed by atoms with Gasteiger partial charge in [-0.15, -0.1) is 10.2 Å². The van der Waals surface area contributed by atoms with Crippen LogP contribution in [-0.4, -0.2) is 38.9 Å². The fourth-order valence-electron chi connectivity index (χ4n) is 3.12. The summed E-state index contributed by atoms with van der Waals surface area (Å²) < 4.78 is 45.7. The number of rotatable bonds is 10. The van der Waals surface area contributed by atoms with Crippen LogP contribution in [-0.2, 0) is 28.7 Å². The summed E-state index contributed by atoms with van der Waals surface area (Å²) >= 11 is 1.16. The van der Waals surface area contributed by atoms with E-state index in [4.69, 9.17) is 4.74 Å². The molecule has 0 radical (unpaired) electrons. The van der Waals surface area contributed by atoms with Gasteiger partial charge in [-0.05, 0) is 56.3 Å². The Morgan fingerprint density at radius 3 is 2.37 bits per heavy atom. The van der Waals surface area contributed by atoms with Crippen LogP contribution in [0.1, 0.15) is 25.2 Å². The van der Waals surface area contributed by atoms with Crippen LogP contribution in [0.4, 0.5) is 24.5 Å². The summed E-state index contributed by atoms with van der Waals surface area (Å²) in [6.07, 6.45) is -4.69. The number of carbonyl (C=O) groups is 2. The third kappa shape index (κ3) is 7.47. The highest BCUT2D eigenvalue weighted by molar-refractivity contribution is 7.99. The van der Waals surface area contributed by atoms with Crippen molar-refractivity contribution in [2.24, 2.45) is 0 Å². The molecule has 0 saturated heterocycles. The second-order valence-electron chi connectivity index (χ2n) is 7.24. The topological polar surface area (TPSA) is 98.1 Å². The number of hydrogen-bond donors (Lipinski definition) is 2. The molecule has 35 heavy (non-hydrogen) atoms. The van der Waals surface area contributed by atoms with Crippen molar-refractivity contribution in [3.8, 4) is 5.75 Å². The molecule has 0 fully saturated rings. The van der Waals surface area contributed by atoms with E-state index < -0.39 is 17.6 Å². The zero-order chi connectivity index (χ0) is 25.4. The van der Waals surface area contributed by atoms with Crippen LogP contribution in [0.15, 0.2) is 53.7 Å². The molecular weight excluding hydrogens is 483 g/mol. The molecule has 0 atom stereocenters. The van der Waals surface area contributed by atoms with Gasteiger partial charge in [-0.1, -0.05) is 17.8 Å². The number of alkyl halides is 3. The fourth-order valence-corrected chi connectivity index (χ4v) is 3.95. The van der Waals surface area contributed by atoms with E-state index in [-0.39, 0.29) is 23.8 Å². The number of aromatic nitrogens is 3. The molecule has 186 valence electrons. The lowest BCUT2D eigenvalue weighted by atomic mass is 10.2. The largest absolute Gasteiger partial charge is 0.494 e. The van der Waals surface area contributed by atoms with Gasteiger partial charge in [0.1, 0.15) is 11.6 Å². The first-order chi connectivity index (χ1) is 16.7. The number of halogens is 3. The van der Waals surface area contributed by atoms with Crippen molar-refractivity contribution in [2.45, 2.75) is 38.1 Å². The molecule has 0 aliphatic heterocycles. The minimum atomic E-state index is -4.51. The average molecular weight is 508 g/mol. The monoisotopic (exact) mass is 507 g/mol. The highest BCUT2D eigenvalue weighted by Gasteiger charge is 2.30. The minimum absolute atomic E-state index is 0.0351. The molecule has 3 rings (SSSR count). The first-order valence-corrected chi connectivity index (χ1v) is 11.7. The van der Waals surface area contributed by atoms with Gasteiger partial charge >= 0.3 is 6.18 Å². The Hall–Kier alpha value is -3.54. The molecule has 2 aromatic carbocycles. The van der Waals surface area contributed by atoms with Crippen molar-refractivity contribution in [2.75, 3.05) is 23.0 Å². The third-order valence-electron chi connectivity index (χ3n) is 4.68. The summed E-state index contributed by atoms with van der Waals surface area (Å²) in [6, 6.07) is 11.4. The lowest BCUT2D eigenvalue weighted by molar-refractivity contribution is -0.137. The van der Waals surface area contributed by atoms with E-state index in [0.717, 1.165) is 23.9 Å². The minimum Gasteiger partial charge on any atom is -0.494 e. The summed E-state index contributed by atoms with van der Waals surface area (Å²) in [5, 5.41) is 13.8. The van der Waals surface area contributed by atoms with Gasteiger partial charge < -0.3 is 19.9 Å². The standard InChI is InChI=1S/C23H24F3N5O3S/c1-3-31-19(13-20(32)28-17-7-5-6-15(12-17)23(24,25)26)29-30-22(31)35-14-21(33)27-16-8-10-18(11-9-16)34-4-2/h5-12H,3-4,13-14H2,1-2H3,(H,27,33)(H,28,32). The molecule has 0 unspecified atom stereocenters. The van der Waals surface area contributed by atoms with Crippen LogP contribution >= 0.6 is 11.8 Å². The molecule has 0 bridgehead atoms. The lowest BCUT2D eigenvalue weighted by Gasteiger charge is -2.10. The zero-order valence-electron chi connectivity index (χ0n) is 19.1. The van der Waals surface area contributed by atoms with E-state index in [2.05, 4.69) is 20.8 Å². The second-order valence-corrected chi connectivity index (χ2v) is 8.18. The first-order valence-electron chi connectivity index (χ1n) is 10.7. The number of thioether (sulfide) groups is 1. The smallest absolute Gasteiger partial charge is 0.416 e. The summed E-state index contributed by atoms with van der Waals surface area (Å²) in [5.74, 6) is 0.346. The molecule has 0 spiro atoms. The quantitative estimate of drug-likeness (QED) is 0.389. The maximum Gasteiger partial charge on any atom is 0.416 e.